The third-order valence-corrected chi connectivity index (χ3v) is 4.07. The molecule has 1 nitrogen and oxygen atoms in total. The smallest absolute Gasteiger partial charge is 0.0349 e. The predicted molar refractivity (Wildman–Crippen MR) is 90.2 cm³/mol. The molecule has 1 rings (SSSR count). The van der Waals surface area contributed by atoms with E-state index in [1.54, 1.807) is 0 Å². The molecule has 108 valence electrons. The van der Waals surface area contributed by atoms with Crippen LogP contribution in [0.5, 0.6) is 0 Å². The zero-order chi connectivity index (χ0) is 14.1. The van der Waals surface area contributed by atoms with Gasteiger partial charge in [0.15, 0.2) is 0 Å². The highest BCUT2D eigenvalue weighted by atomic mass is 32.1. The lowest BCUT2D eigenvalue weighted by atomic mass is 9.96. The highest BCUT2D eigenvalue weighted by Crippen LogP contribution is 2.22. The Hall–Kier alpha value is -0.630. The summed E-state index contributed by atoms with van der Waals surface area (Å²) in [6.07, 6.45) is 9.82. The first kappa shape index (κ1) is 16.4. The van der Waals surface area contributed by atoms with Crippen molar-refractivity contribution >= 4 is 18.3 Å². The summed E-state index contributed by atoms with van der Waals surface area (Å²) >= 11 is 4.24. The number of thiol groups is 1. The molecule has 0 aliphatic heterocycles. The van der Waals surface area contributed by atoms with Gasteiger partial charge in [-0.2, -0.15) is 12.6 Å². The van der Waals surface area contributed by atoms with E-state index in [2.05, 4.69) is 38.6 Å². The number of aryl methyl sites for hydroxylation is 3. The van der Waals surface area contributed by atoms with Crippen LogP contribution in [0.15, 0.2) is 12.1 Å². The molecule has 1 aromatic rings. The van der Waals surface area contributed by atoms with Crippen molar-refractivity contribution in [3.05, 3.63) is 28.8 Å². The maximum atomic E-state index is 6.19. The van der Waals surface area contributed by atoms with Gasteiger partial charge in [-0.25, -0.2) is 0 Å². The van der Waals surface area contributed by atoms with E-state index < -0.39 is 0 Å². The first-order chi connectivity index (χ1) is 9.19. The van der Waals surface area contributed by atoms with Crippen LogP contribution >= 0.6 is 12.6 Å². The number of nitrogens with two attached hydrogens (primary N) is 1. The summed E-state index contributed by atoms with van der Waals surface area (Å²) in [7, 11) is 0. The molecule has 1 aromatic carbocycles. The van der Waals surface area contributed by atoms with Crippen LogP contribution in [0.4, 0.5) is 5.69 Å². The SMILES string of the molecule is CCCCc1cc(N)c(CCCCCCS)cc1C. The summed E-state index contributed by atoms with van der Waals surface area (Å²) in [4.78, 5) is 0. The fourth-order valence-electron chi connectivity index (χ4n) is 2.47. The van der Waals surface area contributed by atoms with Crippen molar-refractivity contribution in [3.8, 4) is 0 Å². The van der Waals surface area contributed by atoms with Crippen LogP contribution in [0, 0.1) is 6.92 Å². The summed E-state index contributed by atoms with van der Waals surface area (Å²) in [5, 5.41) is 0. The van der Waals surface area contributed by atoms with Crippen molar-refractivity contribution in [1.82, 2.24) is 0 Å². The van der Waals surface area contributed by atoms with Crippen LogP contribution < -0.4 is 5.73 Å². The van der Waals surface area contributed by atoms with E-state index in [4.69, 9.17) is 5.73 Å². The Morgan fingerprint density at radius 2 is 1.63 bits per heavy atom. The van der Waals surface area contributed by atoms with E-state index in [0.717, 1.165) is 24.3 Å². The van der Waals surface area contributed by atoms with Crippen LogP contribution in [0.1, 0.15) is 62.1 Å². The van der Waals surface area contributed by atoms with E-state index in [1.165, 1.54) is 55.2 Å². The Balaban J connectivity index is 2.52. The minimum Gasteiger partial charge on any atom is -0.398 e. The summed E-state index contributed by atoms with van der Waals surface area (Å²) < 4.78 is 0. The molecular weight excluding hydrogens is 250 g/mol. The van der Waals surface area contributed by atoms with E-state index in [1.807, 2.05) is 0 Å². The Morgan fingerprint density at radius 3 is 2.32 bits per heavy atom. The van der Waals surface area contributed by atoms with Crippen molar-refractivity contribution in [2.75, 3.05) is 11.5 Å². The number of hydrogen-bond donors (Lipinski definition) is 2. The normalized spacial score (nSPS) is 10.9. The summed E-state index contributed by atoms with van der Waals surface area (Å²) in [5.74, 6) is 1.01. The lowest BCUT2D eigenvalue weighted by Crippen LogP contribution is -2.00. The van der Waals surface area contributed by atoms with Crippen molar-refractivity contribution in [1.29, 1.82) is 0 Å². The predicted octanol–water partition coefficient (Wildman–Crippen LogP) is 4.95. The van der Waals surface area contributed by atoms with Crippen LogP contribution in [-0.2, 0) is 12.8 Å². The number of hydrogen-bond acceptors (Lipinski definition) is 2. The number of unbranched alkanes of at least 4 members (excludes halogenated alkanes) is 4. The molecule has 0 aliphatic carbocycles. The molecule has 19 heavy (non-hydrogen) atoms. The van der Waals surface area contributed by atoms with E-state index in [0.29, 0.717) is 0 Å². The zero-order valence-corrected chi connectivity index (χ0v) is 13.4. The van der Waals surface area contributed by atoms with Crippen molar-refractivity contribution in [2.45, 2.75) is 65.2 Å². The molecule has 0 spiro atoms. The maximum Gasteiger partial charge on any atom is 0.0349 e. The summed E-state index contributed by atoms with van der Waals surface area (Å²) in [5.41, 5.74) is 11.4. The number of anilines is 1. The number of benzene rings is 1. The molecule has 0 heterocycles. The molecule has 2 N–H and O–H groups in total. The van der Waals surface area contributed by atoms with Crippen molar-refractivity contribution < 1.29 is 0 Å². The standard InChI is InChI=1S/C17H29NS/c1-3-4-9-15-13-17(18)16(12-14(15)2)10-7-5-6-8-11-19/h12-13,19H,3-11,18H2,1-2H3. The molecule has 0 atom stereocenters. The van der Waals surface area contributed by atoms with Crippen LogP contribution in [0.3, 0.4) is 0 Å². The van der Waals surface area contributed by atoms with Gasteiger partial charge in [0.2, 0.25) is 0 Å². The molecule has 0 bridgehead atoms. The van der Waals surface area contributed by atoms with Gasteiger partial charge >= 0.3 is 0 Å². The van der Waals surface area contributed by atoms with Crippen molar-refractivity contribution in [2.24, 2.45) is 0 Å². The van der Waals surface area contributed by atoms with Gasteiger partial charge in [0.1, 0.15) is 0 Å². The quantitative estimate of drug-likeness (QED) is 0.373. The highest BCUT2D eigenvalue weighted by molar-refractivity contribution is 7.80. The molecule has 0 saturated carbocycles. The van der Waals surface area contributed by atoms with Crippen LogP contribution in [0.25, 0.3) is 0 Å². The Labute approximate surface area is 124 Å². The summed E-state index contributed by atoms with van der Waals surface area (Å²) in [6.45, 7) is 4.45. The van der Waals surface area contributed by atoms with Crippen LogP contribution in [-0.4, -0.2) is 5.75 Å². The van der Waals surface area contributed by atoms with Gasteiger partial charge in [-0.3, -0.25) is 0 Å². The minimum atomic E-state index is 0.992. The topological polar surface area (TPSA) is 26.0 Å². The van der Waals surface area contributed by atoms with Gasteiger partial charge < -0.3 is 5.73 Å². The average Bonchev–Trinajstić information content (AvgIpc) is 2.40. The first-order valence-corrected chi connectivity index (χ1v) is 8.31. The molecule has 0 fully saturated rings. The summed E-state index contributed by atoms with van der Waals surface area (Å²) in [6, 6.07) is 4.51. The van der Waals surface area contributed by atoms with Gasteiger partial charge in [0.05, 0.1) is 0 Å². The molecule has 2 heteroatoms. The van der Waals surface area contributed by atoms with E-state index >= 15 is 0 Å². The molecule has 0 aliphatic rings. The second kappa shape index (κ2) is 9.30. The molecule has 0 radical (unpaired) electrons. The molecule has 0 amide bonds. The number of rotatable bonds is 9. The zero-order valence-electron chi connectivity index (χ0n) is 12.5. The highest BCUT2D eigenvalue weighted by Gasteiger charge is 2.05. The lowest BCUT2D eigenvalue weighted by molar-refractivity contribution is 0.671. The number of nitrogen functional groups attached to an aromatic ring is 1. The van der Waals surface area contributed by atoms with E-state index in [-0.39, 0.29) is 0 Å². The third kappa shape index (κ3) is 5.90. The Morgan fingerprint density at radius 1 is 0.947 bits per heavy atom. The van der Waals surface area contributed by atoms with Gasteiger partial charge in [-0.15, -0.1) is 0 Å². The van der Waals surface area contributed by atoms with Crippen molar-refractivity contribution in [3.63, 3.8) is 0 Å². The second-order valence-electron chi connectivity index (χ2n) is 5.47. The molecule has 0 unspecified atom stereocenters. The fourth-order valence-corrected chi connectivity index (χ4v) is 2.69. The van der Waals surface area contributed by atoms with E-state index in [9.17, 15) is 0 Å². The van der Waals surface area contributed by atoms with Gasteiger partial charge in [0.25, 0.3) is 0 Å². The second-order valence-corrected chi connectivity index (χ2v) is 5.92. The van der Waals surface area contributed by atoms with Gasteiger partial charge in [0, 0.05) is 5.69 Å². The Kier molecular flexibility index (Phi) is 8.04. The first-order valence-electron chi connectivity index (χ1n) is 7.67. The van der Waals surface area contributed by atoms with Gasteiger partial charge in [-0.1, -0.05) is 32.3 Å². The Bertz CT molecular complexity index is 374. The van der Waals surface area contributed by atoms with Gasteiger partial charge in [-0.05, 0) is 67.5 Å². The fraction of sp³-hybridized carbons (Fsp3) is 0.647. The molecule has 0 saturated heterocycles. The molecular formula is C17H29NS. The largest absolute Gasteiger partial charge is 0.398 e. The third-order valence-electron chi connectivity index (χ3n) is 3.75. The van der Waals surface area contributed by atoms with Crippen LogP contribution in [0.2, 0.25) is 0 Å². The molecule has 0 aromatic heterocycles. The minimum absolute atomic E-state index is 0.992. The monoisotopic (exact) mass is 279 g/mol. The maximum absolute atomic E-state index is 6.19. The lowest BCUT2D eigenvalue weighted by Gasteiger charge is -2.12. The average molecular weight is 279 g/mol.